The van der Waals surface area contributed by atoms with E-state index in [1.807, 2.05) is 4.90 Å². The first-order chi connectivity index (χ1) is 16.3. The lowest BCUT2D eigenvalue weighted by Crippen LogP contribution is -2.50. The van der Waals surface area contributed by atoms with Crippen LogP contribution in [0.3, 0.4) is 0 Å². The topological polar surface area (TPSA) is 138 Å². The van der Waals surface area contributed by atoms with E-state index < -0.39 is 4.92 Å². The van der Waals surface area contributed by atoms with E-state index in [1.165, 1.54) is 32.4 Å². The number of carbonyl (C=O) groups is 2. The number of piperazine rings is 1. The van der Waals surface area contributed by atoms with Gasteiger partial charge in [0.25, 0.3) is 5.69 Å². The maximum Gasteiger partial charge on any atom is 0.273 e. The molecule has 0 unspecified atom stereocenters. The smallest absolute Gasteiger partial charge is 0.273 e. The second kappa shape index (κ2) is 11.1. The molecule has 0 spiro atoms. The molecular weight excluding hydrogens is 442 g/mol. The van der Waals surface area contributed by atoms with Crippen LogP contribution in [0, 0.1) is 21.4 Å². The highest BCUT2D eigenvalue weighted by atomic mass is 16.6. The van der Waals surface area contributed by atoms with Gasteiger partial charge in [-0.1, -0.05) is 0 Å². The van der Waals surface area contributed by atoms with Gasteiger partial charge in [0.15, 0.2) is 0 Å². The van der Waals surface area contributed by atoms with Crippen molar-refractivity contribution >= 4 is 23.2 Å². The Bertz CT molecular complexity index is 1120. The van der Waals surface area contributed by atoms with E-state index in [9.17, 15) is 19.7 Å². The van der Waals surface area contributed by atoms with E-state index >= 15 is 0 Å². The number of carbonyl (C=O) groups excluding carboxylic acids is 2. The van der Waals surface area contributed by atoms with Crippen molar-refractivity contribution in [2.75, 3.05) is 52.3 Å². The van der Waals surface area contributed by atoms with Crippen LogP contribution >= 0.6 is 0 Å². The highest BCUT2D eigenvalue weighted by Crippen LogP contribution is 2.29. The Morgan fingerprint density at radius 1 is 1.12 bits per heavy atom. The van der Waals surface area contributed by atoms with Crippen LogP contribution in [0.4, 0.5) is 11.4 Å². The Morgan fingerprint density at radius 3 is 2.47 bits per heavy atom. The van der Waals surface area contributed by atoms with Gasteiger partial charge in [-0.25, -0.2) is 0 Å². The number of nitrogens with one attached hydrogen (secondary N) is 1. The summed E-state index contributed by atoms with van der Waals surface area (Å²) in [5.74, 6) is 0.390. The molecular formula is C23H25N5O6. The van der Waals surface area contributed by atoms with Crippen molar-refractivity contribution in [3.05, 3.63) is 57.6 Å². The molecule has 3 rings (SSSR count). The quantitative estimate of drug-likeness (QED) is 0.458. The fraction of sp³-hybridized carbons (Fsp3) is 0.348. The molecule has 1 N–H and O–H groups in total. The van der Waals surface area contributed by atoms with Gasteiger partial charge in [-0.2, -0.15) is 5.26 Å². The number of rotatable bonds is 8. The second-order valence-corrected chi connectivity index (χ2v) is 7.71. The number of anilines is 1. The van der Waals surface area contributed by atoms with Crippen LogP contribution in [0.15, 0.2) is 36.4 Å². The van der Waals surface area contributed by atoms with Crippen LogP contribution in [0.2, 0.25) is 0 Å². The van der Waals surface area contributed by atoms with Crippen molar-refractivity contribution in [3.63, 3.8) is 0 Å². The zero-order chi connectivity index (χ0) is 24.7. The summed E-state index contributed by atoms with van der Waals surface area (Å²) in [6.45, 7) is 2.11. The third-order valence-electron chi connectivity index (χ3n) is 5.45. The standard InChI is InChI=1S/C23H25N5O6/c1-33-19-10-16(9-17(11-19)14-24)12-23(30)27-7-5-26(6-8-27)15-22(29)25-20-4-3-18(28(31)32)13-21(20)34-2/h3-4,9-11,13H,5-8,12,15H2,1-2H3,(H,25,29). The molecule has 0 atom stereocenters. The molecule has 1 aliphatic rings. The van der Waals surface area contributed by atoms with Crippen LogP contribution in [0.1, 0.15) is 11.1 Å². The summed E-state index contributed by atoms with van der Waals surface area (Å²) in [6, 6.07) is 11.1. The van der Waals surface area contributed by atoms with E-state index in [-0.39, 0.29) is 36.2 Å². The van der Waals surface area contributed by atoms with Gasteiger partial charge in [0.05, 0.1) is 55.5 Å². The number of amides is 2. The van der Waals surface area contributed by atoms with Gasteiger partial charge in [0, 0.05) is 32.2 Å². The normalized spacial score (nSPS) is 13.6. The fourth-order valence-corrected chi connectivity index (χ4v) is 3.68. The van der Waals surface area contributed by atoms with Crippen LogP contribution < -0.4 is 14.8 Å². The minimum absolute atomic E-state index is 0.0585. The molecule has 34 heavy (non-hydrogen) atoms. The van der Waals surface area contributed by atoms with Crippen LogP contribution in [-0.4, -0.2) is 73.5 Å². The van der Waals surface area contributed by atoms with Gasteiger partial charge >= 0.3 is 0 Å². The molecule has 178 valence electrons. The highest BCUT2D eigenvalue weighted by molar-refractivity contribution is 5.94. The monoisotopic (exact) mass is 467 g/mol. The van der Waals surface area contributed by atoms with Crippen molar-refractivity contribution in [3.8, 4) is 17.6 Å². The van der Waals surface area contributed by atoms with Gasteiger partial charge in [-0.05, 0) is 29.8 Å². The maximum atomic E-state index is 12.7. The molecule has 11 nitrogen and oxygen atoms in total. The summed E-state index contributed by atoms with van der Waals surface area (Å²) < 4.78 is 10.3. The van der Waals surface area contributed by atoms with Gasteiger partial charge in [-0.15, -0.1) is 0 Å². The zero-order valence-electron chi connectivity index (χ0n) is 18.9. The molecule has 1 aliphatic heterocycles. The minimum Gasteiger partial charge on any atom is -0.497 e. The second-order valence-electron chi connectivity index (χ2n) is 7.71. The van der Waals surface area contributed by atoms with E-state index in [2.05, 4.69) is 11.4 Å². The van der Waals surface area contributed by atoms with Crippen LogP contribution in [0.25, 0.3) is 0 Å². The van der Waals surface area contributed by atoms with Gasteiger partial charge < -0.3 is 19.7 Å². The summed E-state index contributed by atoms with van der Waals surface area (Å²) in [5.41, 5.74) is 1.36. The molecule has 2 aromatic rings. The molecule has 0 radical (unpaired) electrons. The SMILES string of the molecule is COc1cc(C#N)cc(CC(=O)N2CCN(CC(=O)Nc3ccc([N+](=O)[O-])cc3OC)CC2)c1. The molecule has 1 fully saturated rings. The molecule has 11 heteroatoms. The van der Waals surface area contributed by atoms with Crippen LogP contribution in [0.5, 0.6) is 11.5 Å². The Kier molecular flexibility index (Phi) is 8.00. The molecule has 0 aromatic heterocycles. The fourth-order valence-electron chi connectivity index (χ4n) is 3.68. The number of hydrogen-bond donors (Lipinski definition) is 1. The predicted molar refractivity (Wildman–Crippen MR) is 123 cm³/mol. The number of benzene rings is 2. The first-order valence-corrected chi connectivity index (χ1v) is 10.5. The molecule has 0 bridgehead atoms. The van der Waals surface area contributed by atoms with E-state index in [1.54, 1.807) is 23.1 Å². The summed E-state index contributed by atoms with van der Waals surface area (Å²) >= 11 is 0. The Labute approximate surface area is 196 Å². The number of methoxy groups -OCH3 is 2. The average molecular weight is 467 g/mol. The summed E-state index contributed by atoms with van der Waals surface area (Å²) in [7, 11) is 2.88. The molecule has 0 aliphatic carbocycles. The Morgan fingerprint density at radius 2 is 1.85 bits per heavy atom. The van der Waals surface area contributed by atoms with Crippen molar-refractivity contribution in [2.24, 2.45) is 0 Å². The van der Waals surface area contributed by atoms with Crippen molar-refractivity contribution in [1.29, 1.82) is 5.26 Å². The van der Waals surface area contributed by atoms with Gasteiger partial charge in [0.2, 0.25) is 11.8 Å². The van der Waals surface area contributed by atoms with Crippen molar-refractivity contribution < 1.29 is 24.0 Å². The molecule has 0 saturated carbocycles. The number of ether oxygens (including phenoxy) is 2. The lowest BCUT2D eigenvalue weighted by atomic mass is 10.1. The number of nitrogens with zero attached hydrogens (tertiary/aromatic N) is 4. The third kappa shape index (κ3) is 6.20. The number of non-ortho nitro benzene ring substituents is 1. The third-order valence-corrected chi connectivity index (χ3v) is 5.45. The lowest BCUT2D eigenvalue weighted by Gasteiger charge is -2.34. The number of hydrogen-bond acceptors (Lipinski definition) is 8. The Hall–Kier alpha value is -4.17. The zero-order valence-corrected chi connectivity index (χ0v) is 18.9. The van der Waals surface area contributed by atoms with Crippen molar-refractivity contribution in [1.82, 2.24) is 9.80 Å². The predicted octanol–water partition coefficient (Wildman–Crippen LogP) is 1.81. The summed E-state index contributed by atoms with van der Waals surface area (Å²) in [4.78, 5) is 39.2. The molecule has 2 amide bonds. The van der Waals surface area contributed by atoms with Crippen molar-refractivity contribution in [2.45, 2.75) is 6.42 Å². The minimum atomic E-state index is -0.536. The molecule has 2 aromatic carbocycles. The maximum absolute atomic E-state index is 12.7. The first-order valence-electron chi connectivity index (χ1n) is 10.5. The largest absolute Gasteiger partial charge is 0.497 e. The summed E-state index contributed by atoms with van der Waals surface area (Å²) in [6.07, 6.45) is 0.159. The number of nitro benzene ring substituents is 1. The van der Waals surface area contributed by atoms with E-state index in [0.29, 0.717) is 48.7 Å². The van der Waals surface area contributed by atoms with Crippen LogP contribution in [-0.2, 0) is 16.0 Å². The van der Waals surface area contributed by atoms with Gasteiger partial charge in [-0.3, -0.25) is 24.6 Å². The average Bonchev–Trinajstić information content (AvgIpc) is 2.84. The summed E-state index contributed by atoms with van der Waals surface area (Å²) in [5, 5.41) is 22.8. The van der Waals surface area contributed by atoms with E-state index in [4.69, 9.17) is 14.7 Å². The highest BCUT2D eigenvalue weighted by Gasteiger charge is 2.23. The number of nitriles is 1. The van der Waals surface area contributed by atoms with Gasteiger partial charge in [0.1, 0.15) is 11.5 Å². The lowest BCUT2D eigenvalue weighted by molar-refractivity contribution is -0.384. The number of nitro groups is 1. The molecule has 1 heterocycles. The first kappa shape index (κ1) is 24.5. The molecule has 1 saturated heterocycles. The Balaban J connectivity index is 1.51. The van der Waals surface area contributed by atoms with E-state index in [0.717, 1.165) is 0 Å².